The van der Waals surface area contributed by atoms with E-state index in [2.05, 4.69) is 24.2 Å². The highest BCUT2D eigenvalue weighted by Crippen LogP contribution is 2.26. The van der Waals surface area contributed by atoms with E-state index in [1.54, 1.807) is 6.07 Å². The van der Waals surface area contributed by atoms with E-state index in [0.717, 1.165) is 12.5 Å². The van der Waals surface area contributed by atoms with E-state index in [1.807, 2.05) is 18.2 Å². The van der Waals surface area contributed by atoms with E-state index in [4.69, 9.17) is 5.73 Å². The second-order valence-electron chi connectivity index (χ2n) is 6.29. The third-order valence-electron chi connectivity index (χ3n) is 4.46. The summed E-state index contributed by atoms with van der Waals surface area (Å²) in [6.07, 6.45) is 5.68. The molecule has 1 amide bonds. The summed E-state index contributed by atoms with van der Waals surface area (Å²) in [7, 11) is 2.13. The van der Waals surface area contributed by atoms with Crippen LogP contribution in [0.2, 0.25) is 0 Å². The average Bonchev–Trinajstić information content (AvgIpc) is 2.47. The highest BCUT2D eigenvalue weighted by molar-refractivity contribution is 5.93. The number of nitrogens with zero attached hydrogens (tertiary/aromatic N) is 1. The highest BCUT2D eigenvalue weighted by Gasteiger charge is 2.22. The van der Waals surface area contributed by atoms with Gasteiger partial charge < -0.3 is 16.0 Å². The molecule has 2 atom stereocenters. The van der Waals surface area contributed by atoms with Gasteiger partial charge in [-0.05, 0) is 37.9 Å². The van der Waals surface area contributed by atoms with Gasteiger partial charge in [-0.3, -0.25) is 4.79 Å². The fraction of sp³-hybridized carbons (Fsp3) is 0.588. The molecule has 2 unspecified atom stereocenters. The lowest BCUT2D eigenvalue weighted by atomic mass is 9.86. The Kier molecular flexibility index (Phi) is 5.62. The number of nitrogens with one attached hydrogen (secondary N) is 1. The monoisotopic (exact) mass is 289 g/mol. The van der Waals surface area contributed by atoms with E-state index in [9.17, 15) is 4.79 Å². The number of anilines is 2. The van der Waals surface area contributed by atoms with Crippen molar-refractivity contribution in [1.82, 2.24) is 4.90 Å². The summed E-state index contributed by atoms with van der Waals surface area (Å²) in [5, 5.41) is 2.89. The van der Waals surface area contributed by atoms with Crippen LogP contribution in [-0.2, 0) is 4.79 Å². The summed E-state index contributed by atoms with van der Waals surface area (Å²) in [6, 6.07) is 8.00. The predicted molar refractivity (Wildman–Crippen MR) is 88.2 cm³/mol. The zero-order chi connectivity index (χ0) is 15.2. The van der Waals surface area contributed by atoms with Crippen LogP contribution >= 0.6 is 0 Å². The van der Waals surface area contributed by atoms with Gasteiger partial charge in [-0.1, -0.05) is 31.9 Å². The SMILES string of the molecule is CC1CCCC(N(C)CCC(=O)Nc2ccccc2N)C1. The van der Waals surface area contributed by atoms with Crippen LogP contribution in [-0.4, -0.2) is 30.4 Å². The topological polar surface area (TPSA) is 58.4 Å². The molecule has 0 radical (unpaired) electrons. The van der Waals surface area contributed by atoms with Crippen molar-refractivity contribution in [2.45, 2.75) is 45.1 Å². The third-order valence-corrected chi connectivity index (χ3v) is 4.46. The summed E-state index contributed by atoms with van der Waals surface area (Å²) in [5.41, 5.74) is 7.15. The zero-order valence-electron chi connectivity index (χ0n) is 13.1. The number of hydrogen-bond donors (Lipinski definition) is 2. The maximum absolute atomic E-state index is 12.0. The molecule has 0 heterocycles. The van der Waals surface area contributed by atoms with Gasteiger partial charge in [0.25, 0.3) is 0 Å². The molecule has 1 aliphatic rings. The van der Waals surface area contributed by atoms with Crippen LogP contribution in [0, 0.1) is 5.92 Å². The molecule has 0 bridgehead atoms. The van der Waals surface area contributed by atoms with Gasteiger partial charge in [0.05, 0.1) is 11.4 Å². The van der Waals surface area contributed by atoms with Crippen molar-refractivity contribution in [3.63, 3.8) is 0 Å². The number of carbonyl (C=O) groups excluding carboxylic acids is 1. The van der Waals surface area contributed by atoms with Crippen LogP contribution in [0.15, 0.2) is 24.3 Å². The number of para-hydroxylation sites is 2. The van der Waals surface area contributed by atoms with E-state index < -0.39 is 0 Å². The molecule has 0 saturated heterocycles. The first kappa shape index (κ1) is 15.8. The van der Waals surface area contributed by atoms with Gasteiger partial charge in [0.1, 0.15) is 0 Å². The van der Waals surface area contributed by atoms with Gasteiger partial charge in [0.2, 0.25) is 5.91 Å². The Labute approximate surface area is 127 Å². The van der Waals surface area contributed by atoms with E-state index in [-0.39, 0.29) is 5.91 Å². The molecule has 0 aromatic heterocycles. The highest BCUT2D eigenvalue weighted by atomic mass is 16.1. The summed E-state index contributed by atoms with van der Waals surface area (Å²) in [4.78, 5) is 14.4. The lowest BCUT2D eigenvalue weighted by Crippen LogP contribution is -2.37. The molecule has 1 saturated carbocycles. The average molecular weight is 289 g/mol. The molecule has 2 rings (SSSR count). The molecule has 1 aliphatic carbocycles. The van der Waals surface area contributed by atoms with Crippen molar-refractivity contribution in [1.29, 1.82) is 0 Å². The Hall–Kier alpha value is -1.55. The number of carbonyl (C=O) groups is 1. The van der Waals surface area contributed by atoms with Gasteiger partial charge in [-0.15, -0.1) is 0 Å². The normalized spacial score (nSPS) is 22.2. The maximum atomic E-state index is 12.0. The van der Waals surface area contributed by atoms with Crippen LogP contribution in [0.4, 0.5) is 11.4 Å². The number of nitrogens with two attached hydrogens (primary N) is 1. The zero-order valence-corrected chi connectivity index (χ0v) is 13.1. The fourth-order valence-electron chi connectivity index (χ4n) is 3.09. The molecular weight excluding hydrogens is 262 g/mol. The van der Waals surface area contributed by atoms with Gasteiger partial charge in [-0.25, -0.2) is 0 Å². The smallest absolute Gasteiger partial charge is 0.225 e. The minimum absolute atomic E-state index is 0.0311. The van der Waals surface area contributed by atoms with Crippen molar-refractivity contribution in [2.75, 3.05) is 24.6 Å². The number of nitrogen functional groups attached to an aromatic ring is 1. The lowest BCUT2D eigenvalue weighted by Gasteiger charge is -2.34. The van der Waals surface area contributed by atoms with Crippen molar-refractivity contribution in [3.8, 4) is 0 Å². The summed E-state index contributed by atoms with van der Waals surface area (Å²) < 4.78 is 0. The quantitative estimate of drug-likeness (QED) is 0.819. The van der Waals surface area contributed by atoms with E-state index in [0.29, 0.717) is 23.8 Å². The summed E-state index contributed by atoms with van der Waals surface area (Å²) in [6.45, 7) is 3.13. The number of rotatable bonds is 5. The Morgan fingerprint density at radius 2 is 2.14 bits per heavy atom. The first-order valence-corrected chi connectivity index (χ1v) is 7.91. The van der Waals surface area contributed by atoms with E-state index >= 15 is 0 Å². The number of hydrogen-bond acceptors (Lipinski definition) is 3. The van der Waals surface area contributed by atoms with Gasteiger partial charge in [-0.2, -0.15) is 0 Å². The molecular formula is C17H27N3O. The molecule has 116 valence electrons. The van der Waals surface area contributed by atoms with Gasteiger partial charge in [0.15, 0.2) is 0 Å². The molecule has 1 fully saturated rings. The minimum Gasteiger partial charge on any atom is -0.397 e. The van der Waals surface area contributed by atoms with Crippen LogP contribution in [0.25, 0.3) is 0 Å². The molecule has 4 heteroatoms. The standard InChI is InChI=1S/C17H27N3O/c1-13-6-5-7-14(12-13)20(2)11-10-17(21)19-16-9-4-3-8-15(16)18/h3-4,8-9,13-14H,5-7,10-12,18H2,1-2H3,(H,19,21). The number of benzene rings is 1. The Morgan fingerprint density at radius 3 is 2.86 bits per heavy atom. The second kappa shape index (κ2) is 7.46. The molecule has 4 nitrogen and oxygen atoms in total. The second-order valence-corrected chi connectivity index (χ2v) is 6.29. The molecule has 0 spiro atoms. The predicted octanol–water partition coefficient (Wildman–Crippen LogP) is 3.11. The van der Waals surface area contributed by atoms with Crippen molar-refractivity contribution >= 4 is 17.3 Å². The molecule has 21 heavy (non-hydrogen) atoms. The van der Waals surface area contributed by atoms with E-state index in [1.165, 1.54) is 25.7 Å². The molecule has 1 aromatic carbocycles. The first-order chi connectivity index (χ1) is 10.1. The number of amides is 1. The maximum Gasteiger partial charge on any atom is 0.225 e. The molecule has 0 aliphatic heterocycles. The van der Waals surface area contributed by atoms with Crippen molar-refractivity contribution < 1.29 is 4.79 Å². The van der Waals surface area contributed by atoms with Crippen molar-refractivity contribution in [3.05, 3.63) is 24.3 Å². The molecule has 1 aromatic rings. The minimum atomic E-state index is 0.0311. The van der Waals surface area contributed by atoms with Crippen LogP contribution in [0.5, 0.6) is 0 Å². The fourth-order valence-corrected chi connectivity index (χ4v) is 3.09. The third kappa shape index (κ3) is 4.74. The largest absolute Gasteiger partial charge is 0.397 e. The van der Waals surface area contributed by atoms with Crippen LogP contribution < -0.4 is 11.1 Å². The first-order valence-electron chi connectivity index (χ1n) is 7.91. The van der Waals surface area contributed by atoms with Crippen molar-refractivity contribution in [2.24, 2.45) is 5.92 Å². The Bertz CT molecular complexity index is 475. The summed E-state index contributed by atoms with van der Waals surface area (Å²) in [5.74, 6) is 0.841. The van der Waals surface area contributed by atoms with Gasteiger partial charge in [0, 0.05) is 19.0 Å². The van der Waals surface area contributed by atoms with Crippen LogP contribution in [0.1, 0.15) is 39.0 Å². The van der Waals surface area contributed by atoms with Crippen LogP contribution in [0.3, 0.4) is 0 Å². The lowest BCUT2D eigenvalue weighted by molar-refractivity contribution is -0.116. The van der Waals surface area contributed by atoms with Gasteiger partial charge >= 0.3 is 0 Å². The Morgan fingerprint density at radius 1 is 1.38 bits per heavy atom. The molecule has 3 N–H and O–H groups in total. The Balaban J connectivity index is 1.77. The summed E-state index contributed by atoms with van der Waals surface area (Å²) >= 11 is 0.